The van der Waals surface area contributed by atoms with E-state index in [1.54, 1.807) is 0 Å². The Morgan fingerprint density at radius 2 is 2.27 bits per heavy atom. The molecule has 0 aromatic rings. The number of nitrogens with one attached hydrogen (secondary N) is 1. The number of rotatable bonds is 5. The first-order valence-electron chi connectivity index (χ1n) is 4.40. The van der Waals surface area contributed by atoms with E-state index in [-0.39, 0.29) is 19.4 Å². The second-order valence-corrected chi connectivity index (χ2v) is 2.98. The van der Waals surface area contributed by atoms with Crippen LogP contribution in [-0.4, -0.2) is 42.4 Å². The van der Waals surface area contributed by atoms with Crippen molar-refractivity contribution in [3.8, 4) is 0 Å². The minimum atomic E-state index is -1.05. The lowest BCUT2D eigenvalue weighted by atomic mass is 10.3. The van der Waals surface area contributed by atoms with Crippen LogP contribution in [0.4, 0.5) is 4.79 Å². The number of amides is 1. The van der Waals surface area contributed by atoms with E-state index in [1.807, 2.05) is 0 Å². The molecule has 0 aromatic carbocycles. The Morgan fingerprint density at radius 1 is 1.53 bits per heavy atom. The summed E-state index contributed by atoms with van der Waals surface area (Å²) in [5.74, 6) is -1.67. The van der Waals surface area contributed by atoms with Crippen LogP contribution in [0.2, 0.25) is 0 Å². The Bertz CT molecular complexity index is 276. The highest BCUT2D eigenvalue weighted by molar-refractivity contribution is 5.76. The van der Waals surface area contributed by atoms with E-state index in [9.17, 15) is 14.4 Å². The molecule has 1 aliphatic rings. The number of cyclic esters (lactones) is 1. The molecule has 0 radical (unpaired) electrons. The molecule has 0 saturated carbocycles. The molecule has 1 heterocycles. The van der Waals surface area contributed by atoms with Gasteiger partial charge in [-0.05, 0) is 0 Å². The van der Waals surface area contributed by atoms with E-state index in [0.29, 0.717) is 6.54 Å². The smallest absolute Gasteiger partial charge is 0.407 e. The molecule has 0 bridgehead atoms. The lowest BCUT2D eigenvalue weighted by Gasteiger charge is -2.07. The van der Waals surface area contributed by atoms with E-state index in [1.165, 1.54) is 0 Å². The Morgan fingerprint density at radius 3 is 2.80 bits per heavy atom. The van der Waals surface area contributed by atoms with Gasteiger partial charge >= 0.3 is 18.0 Å². The molecule has 84 valence electrons. The van der Waals surface area contributed by atoms with E-state index >= 15 is 0 Å². The van der Waals surface area contributed by atoms with Crippen molar-refractivity contribution in [2.45, 2.75) is 18.9 Å². The summed E-state index contributed by atoms with van der Waals surface area (Å²) in [6.07, 6.45) is -1.46. The first-order valence-corrected chi connectivity index (χ1v) is 4.40. The molecule has 1 saturated heterocycles. The molecule has 0 unspecified atom stereocenters. The number of ether oxygens (including phenoxy) is 2. The fraction of sp³-hybridized carbons (Fsp3) is 0.625. The van der Waals surface area contributed by atoms with Crippen molar-refractivity contribution in [3.63, 3.8) is 0 Å². The molecule has 0 aliphatic carbocycles. The molecular weight excluding hydrogens is 206 g/mol. The van der Waals surface area contributed by atoms with Gasteiger partial charge in [-0.2, -0.15) is 0 Å². The molecule has 1 fully saturated rings. The summed E-state index contributed by atoms with van der Waals surface area (Å²) in [6.45, 7) is 0.252. The number of carbonyl (C=O) groups is 3. The predicted molar refractivity (Wildman–Crippen MR) is 46.1 cm³/mol. The molecule has 15 heavy (non-hydrogen) atoms. The summed E-state index contributed by atoms with van der Waals surface area (Å²) < 4.78 is 9.40. The predicted octanol–water partition coefficient (Wildman–Crippen LogP) is -0.497. The van der Waals surface area contributed by atoms with Gasteiger partial charge in [-0.25, -0.2) is 4.79 Å². The van der Waals surface area contributed by atoms with E-state index < -0.39 is 24.1 Å². The highest BCUT2D eigenvalue weighted by atomic mass is 16.6. The average Bonchev–Trinajstić information content (AvgIpc) is 2.58. The van der Waals surface area contributed by atoms with Gasteiger partial charge in [0.2, 0.25) is 0 Å². The molecule has 7 heteroatoms. The monoisotopic (exact) mass is 217 g/mol. The largest absolute Gasteiger partial charge is 0.481 e. The van der Waals surface area contributed by atoms with Gasteiger partial charge in [0.1, 0.15) is 6.61 Å². The van der Waals surface area contributed by atoms with Gasteiger partial charge in [0, 0.05) is 0 Å². The second-order valence-electron chi connectivity index (χ2n) is 2.98. The van der Waals surface area contributed by atoms with Gasteiger partial charge in [0.25, 0.3) is 0 Å². The van der Waals surface area contributed by atoms with Crippen molar-refractivity contribution in [2.24, 2.45) is 0 Å². The lowest BCUT2D eigenvalue weighted by Crippen LogP contribution is -2.22. The zero-order valence-electron chi connectivity index (χ0n) is 7.89. The number of alkyl carbamates (subject to hydrolysis) is 1. The van der Waals surface area contributed by atoms with Gasteiger partial charge in [-0.1, -0.05) is 0 Å². The molecule has 1 amide bonds. The fourth-order valence-corrected chi connectivity index (χ4v) is 0.992. The van der Waals surface area contributed by atoms with Gasteiger partial charge in [-0.15, -0.1) is 0 Å². The van der Waals surface area contributed by atoms with Crippen LogP contribution in [0, 0.1) is 0 Å². The number of hydrogen-bond donors (Lipinski definition) is 2. The van der Waals surface area contributed by atoms with E-state index in [2.05, 4.69) is 5.32 Å². The van der Waals surface area contributed by atoms with Crippen LogP contribution in [0.15, 0.2) is 0 Å². The molecule has 1 aliphatic heterocycles. The summed E-state index contributed by atoms with van der Waals surface area (Å²) in [4.78, 5) is 31.6. The molecular formula is C8H11NO6. The Balaban J connectivity index is 2.11. The summed E-state index contributed by atoms with van der Waals surface area (Å²) >= 11 is 0. The SMILES string of the molecule is O=C(O)CCC(=O)OC[C@@H]1CNC(=O)O1. The topological polar surface area (TPSA) is 102 Å². The highest BCUT2D eigenvalue weighted by Crippen LogP contribution is 2.02. The van der Waals surface area contributed by atoms with Crippen molar-refractivity contribution in [3.05, 3.63) is 0 Å². The fourth-order valence-electron chi connectivity index (χ4n) is 0.992. The molecule has 7 nitrogen and oxygen atoms in total. The van der Waals surface area contributed by atoms with Crippen LogP contribution in [0.5, 0.6) is 0 Å². The maximum absolute atomic E-state index is 10.9. The van der Waals surface area contributed by atoms with Gasteiger partial charge in [0.15, 0.2) is 6.10 Å². The number of hydrogen-bond acceptors (Lipinski definition) is 5. The minimum absolute atomic E-state index is 0.0445. The summed E-state index contributed by atoms with van der Waals surface area (Å²) in [5, 5.41) is 10.7. The number of esters is 1. The van der Waals surface area contributed by atoms with Gasteiger partial charge in [0.05, 0.1) is 19.4 Å². The van der Waals surface area contributed by atoms with Crippen molar-refractivity contribution in [1.82, 2.24) is 5.32 Å². The normalized spacial score (nSPS) is 19.2. The van der Waals surface area contributed by atoms with Gasteiger partial charge in [-0.3, -0.25) is 9.59 Å². The van der Waals surface area contributed by atoms with Gasteiger partial charge < -0.3 is 19.9 Å². The Labute approximate surface area is 85.3 Å². The molecule has 0 spiro atoms. The zero-order valence-corrected chi connectivity index (χ0v) is 7.89. The molecule has 2 N–H and O–H groups in total. The van der Waals surface area contributed by atoms with Crippen LogP contribution < -0.4 is 5.32 Å². The number of carboxylic acids is 1. The third-order valence-corrected chi connectivity index (χ3v) is 1.72. The van der Waals surface area contributed by atoms with Crippen molar-refractivity contribution in [1.29, 1.82) is 0 Å². The van der Waals surface area contributed by atoms with Crippen molar-refractivity contribution >= 4 is 18.0 Å². The molecule has 1 rings (SSSR count). The quantitative estimate of drug-likeness (QED) is 0.602. The van der Waals surface area contributed by atoms with E-state index in [0.717, 1.165) is 0 Å². The third kappa shape index (κ3) is 4.30. The Kier molecular flexibility index (Phi) is 3.90. The molecule has 0 aromatic heterocycles. The van der Waals surface area contributed by atoms with E-state index in [4.69, 9.17) is 14.6 Å². The van der Waals surface area contributed by atoms with Crippen LogP contribution >= 0.6 is 0 Å². The number of aliphatic carboxylic acids is 1. The van der Waals surface area contributed by atoms with Crippen LogP contribution in [0.25, 0.3) is 0 Å². The van der Waals surface area contributed by atoms with Crippen LogP contribution in [-0.2, 0) is 19.1 Å². The highest BCUT2D eigenvalue weighted by Gasteiger charge is 2.23. The number of carboxylic acid groups (broad SMARTS) is 1. The summed E-state index contributed by atoms with van der Waals surface area (Å²) in [6, 6.07) is 0. The summed E-state index contributed by atoms with van der Waals surface area (Å²) in [5.41, 5.74) is 0. The first kappa shape index (κ1) is 11.3. The number of carbonyl (C=O) groups excluding carboxylic acids is 2. The lowest BCUT2D eigenvalue weighted by molar-refractivity contribution is -0.149. The van der Waals surface area contributed by atoms with Crippen molar-refractivity contribution < 1.29 is 29.0 Å². The van der Waals surface area contributed by atoms with Crippen LogP contribution in [0.1, 0.15) is 12.8 Å². The second kappa shape index (κ2) is 5.18. The minimum Gasteiger partial charge on any atom is -0.481 e. The first-order chi connectivity index (χ1) is 7.08. The van der Waals surface area contributed by atoms with Crippen LogP contribution in [0.3, 0.4) is 0 Å². The molecule has 1 atom stereocenters. The average molecular weight is 217 g/mol. The third-order valence-electron chi connectivity index (χ3n) is 1.72. The zero-order chi connectivity index (χ0) is 11.3. The Hall–Kier alpha value is -1.79. The summed E-state index contributed by atoms with van der Waals surface area (Å²) in [7, 11) is 0. The van der Waals surface area contributed by atoms with Crippen molar-refractivity contribution in [2.75, 3.05) is 13.2 Å². The standard InChI is InChI=1S/C8H11NO6/c10-6(11)1-2-7(12)14-4-5-3-9-8(13)15-5/h5H,1-4H2,(H,9,13)(H,10,11)/t5-/m0/s1. The maximum Gasteiger partial charge on any atom is 0.407 e. The maximum atomic E-state index is 10.9.